The molecule has 37 heavy (non-hydrogen) atoms. The number of pyridine rings is 1. The first-order valence-corrected chi connectivity index (χ1v) is 13.1. The molecule has 0 fully saturated rings. The maximum atomic E-state index is 14.0. The number of hydrogen-bond donors (Lipinski definition) is 0. The van der Waals surface area contributed by atoms with Gasteiger partial charge in [-0.3, -0.25) is 9.78 Å². The molecule has 1 aliphatic heterocycles. The second kappa shape index (κ2) is 9.54. The molecule has 182 valence electrons. The van der Waals surface area contributed by atoms with E-state index in [0.717, 1.165) is 43.9 Å². The lowest BCUT2D eigenvalue weighted by atomic mass is 9.90. The lowest BCUT2D eigenvalue weighted by Crippen LogP contribution is -2.26. The van der Waals surface area contributed by atoms with Crippen molar-refractivity contribution < 1.29 is 9.18 Å². The van der Waals surface area contributed by atoms with Gasteiger partial charge in [0.25, 0.3) is 5.91 Å². The van der Waals surface area contributed by atoms with Crippen LogP contribution in [0.4, 0.5) is 4.39 Å². The molecule has 0 radical (unpaired) electrons. The molecular weight excluding hydrogens is 505 g/mol. The molecule has 3 aromatic carbocycles. The Morgan fingerprint density at radius 3 is 2.57 bits per heavy atom. The minimum atomic E-state index is -0.457. The summed E-state index contributed by atoms with van der Waals surface area (Å²) < 4.78 is 14.0. The predicted molar refractivity (Wildman–Crippen MR) is 148 cm³/mol. The van der Waals surface area contributed by atoms with Crippen molar-refractivity contribution >= 4 is 45.5 Å². The molecule has 1 amide bonds. The third kappa shape index (κ3) is 4.32. The summed E-state index contributed by atoms with van der Waals surface area (Å²) in [5, 5.41) is 10.0. The van der Waals surface area contributed by atoms with Gasteiger partial charge in [0.05, 0.1) is 17.3 Å². The minimum absolute atomic E-state index is 0.262. The Kier molecular flexibility index (Phi) is 6.07. The summed E-state index contributed by atoms with van der Waals surface area (Å²) in [6.07, 6.45) is 0.517. The quantitative estimate of drug-likeness (QED) is 0.238. The molecule has 1 unspecified atom stereocenters. The Hall–Kier alpha value is -3.87. The molecule has 0 saturated carbocycles. The van der Waals surface area contributed by atoms with Crippen molar-refractivity contribution in [3.05, 3.63) is 123 Å². The van der Waals surface area contributed by atoms with E-state index in [9.17, 15) is 9.18 Å². The zero-order valence-electron chi connectivity index (χ0n) is 19.9. The van der Waals surface area contributed by atoms with Crippen LogP contribution in [0.15, 0.2) is 95.4 Å². The third-order valence-electron chi connectivity index (χ3n) is 6.56. The summed E-state index contributed by atoms with van der Waals surface area (Å²) in [4.78, 5) is 19.5. The first-order valence-electron chi connectivity index (χ1n) is 11.9. The summed E-state index contributed by atoms with van der Waals surface area (Å²) in [6, 6.07) is 25.2. The molecule has 1 aliphatic rings. The molecule has 0 aliphatic carbocycles. The van der Waals surface area contributed by atoms with Crippen molar-refractivity contribution in [3.8, 4) is 11.1 Å². The lowest BCUT2D eigenvalue weighted by molar-refractivity contribution is 0.0713. The fourth-order valence-corrected chi connectivity index (χ4v) is 5.85. The second-order valence-electron chi connectivity index (χ2n) is 8.91. The highest BCUT2D eigenvalue weighted by Gasteiger charge is 2.36. The fourth-order valence-electron chi connectivity index (χ4n) is 4.91. The summed E-state index contributed by atoms with van der Waals surface area (Å²) in [6.45, 7) is 1.97. The van der Waals surface area contributed by atoms with Crippen LogP contribution in [0.25, 0.3) is 22.0 Å². The molecule has 0 N–H and O–H groups in total. The van der Waals surface area contributed by atoms with Crippen LogP contribution in [0.1, 0.15) is 39.0 Å². The van der Waals surface area contributed by atoms with Crippen molar-refractivity contribution in [3.63, 3.8) is 0 Å². The van der Waals surface area contributed by atoms with E-state index in [-0.39, 0.29) is 17.5 Å². The van der Waals surface area contributed by atoms with Gasteiger partial charge in [-0.1, -0.05) is 54.1 Å². The summed E-state index contributed by atoms with van der Waals surface area (Å²) >= 11 is 7.78. The highest BCUT2D eigenvalue weighted by molar-refractivity contribution is 7.10. The van der Waals surface area contributed by atoms with Gasteiger partial charge in [0, 0.05) is 44.1 Å². The molecule has 4 nitrogen and oxygen atoms in total. The van der Waals surface area contributed by atoms with Gasteiger partial charge < -0.3 is 0 Å². The van der Waals surface area contributed by atoms with E-state index in [2.05, 4.69) is 6.07 Å². The maximum Gasteiger partial charge on any atom is 0.274 e. The third-order valence-corrected chi connectivity index (χ3v) is 7.78. The average Bonchev–Trinajstić information content (AvgIpc) is 3.58. The number of benzene rings is 3. The standard InChI is InChI=1S/C30H21ClFN3OS/c1-18-28(29(19-11-13-21(31)14-12-19)23-8-2-3-9-24(23)33-18)25-17-26(27-10-5-15-37-27)35(34-25)30(36)20-6-4-7-22(32)16-20/h2-16,26H,17H2,1H3. The zero-order valence-corrected chi connectivity index (χ0v) is 21.4. The van der Waals surface area contributed by atoms with Gasteiger partial charge in [-0.25, -0.2) is 9.40 Å². The number of aromatic nitrogens is 1. The number of carbonyl (C=O) groups is 1. The molecule has 0 bridgehead atoms. The largest absolute Gasteiger partial charge is 0.274 e. The van der Waals surface area contributed by atoms with Crippen molar-refractivity contribution in [1.82, 2.24) is 9.99 Å². The predicted octanol–water partition coefficient (Wildman–Crippen LogP) is 8.06. The van der Waals surface area contributed by atoms with Gasteiger partial charge in [0.15, 0.2) is 0 Å². The number of halogens is 2. The topological polar surface area (TPSA) is 45.6 Å². The Morgan fingerprint density at radius 2 is 1.81 bits per heavy atom. The zero-order chi connectivity index (χ0) is 25.5. The van der Waals surface area contributed by atoms with Gasteiger partial charge >= 0.3 is 0 Å². The molecule has 0 spiro atoms. The van der Waals surface area contributed by atoms with Crippen molar-refractivity contribution in [2.75, 3.05) is 0 Å². The van der Waals surface area contributed by atoms with Crippen LogP contribution < -0.4 is 0 Å². The molecule has 2 aromatic heterocycles. The number of aryl methyl sites for hydroxylation is 1. The lowest BCUT2D eigenvalue weighted by Gasteiger charge is -2.20. The normalized spacial score (nSPS) is 15.3. The van der Waals surface area contributed by atoms with Crippen molar-refractivity contribution in [2.45, 2.75) is 19.4 Å². The van der Waals surface area contributed by atoms with Crippen molar-refractivity contribution in [2.24, 2.45) is 5.10 Å². The Morgan fingerprint density at radius 1 is 1.00 bits per heavy atom. The number of nitrogens with zero attached hydrogens (tertiary/aromatic N) is 3. The highest BCUT2D eigenvalue weighted by atomic mass is 35.5. The minimum Gasteiger partial charge on any atom is -0.267 e. The first-order chi connectivity index (χ1) is 18.0. The highest BCUT2D eigenvalue weighted by Crippen LogP contribution is 2.41. The molecule has 5 aromatic rings. The van der Waals surface area contributed by atoms with Crippen LogP contribution in [0, 0.1) is 12.7 Å². The number of thiophene rings is 1. The number of rotatable bonds is 4. The van der Waals surface area contributed by atoms with Crippen LogP contribution in [-0.4, -0.2) is 21.6 Å². The van der Waals surface area contributed by atoms with Crippen molar-refractivity contribution in [1.29, 1.82) is 0 Å². The number of hydrazone groups is 1. The smallest absolute Gasteiger partial charge is 0.267 e. The van der Waals surface area contributed by atoms with Gasteiger partial charge in [0.2, 0.25) is 0 Å². The molecule has 3 heterocycles. The fraction of sp³-hybridized carbons (Fsp3) is 0.100. The first kappa shape index (κ1) is 23.5. The van der Waals surface area contributed by atoms with Gasteiger partial charge in [-0.05, 0) is 60.3 Å². The number of fused-ring (bicyclic) bond motifs is 1. The monoisotopic (exact) mass is 525 g/mol. The summed E-state index contributed by atoms with van der Waals surface area (Å²) in [5.41, 5.74) is 5.64. The summed E-state index contributed by atoms with van der Waals surface area (Å²) in [5.74, 6) is -0.797. The van der Waals surface area contributed by atoms with Crippen LogP contribution in [-0.2, 0) is 0 Å². The number of amides is 1. The number of para-hydroxylation sites is 1. The van der Waals surface area contributed by atoms with E-state index in [0.29, 0.717) is 11.4 Å². The van der Waals surface area contributed by atoms with E-state index >= 15 is 0 Å². The number of carbonyl (C=O) groups excluding carboxylic acids is 1. The molecule has 6 rings (SSSR count). The van der Waals surface area contributed by atoms with Gasteiger partial charge in [-0.2, -0.15) is 5.10 Å². The Labute approximate surface area is 222 Å². The molecular formula is C30H21ClFN3OS. The molecule has 0 saturated heterocycles. The van der Waals surface area contributed by atoms with E-state index in [1.165, 1.54) is 17.1 Å². The summed E-state index contributed by atoms with van der Waals surface area (Å²) in [7, 11) is 0. The average molecular weight is 526 g/mol. The SMILES string of the molecule is Cc1nc2ccccc2c(-c2ccc(Cl)cc2)c1C1=NN(C(=O)c2cccc(F)c2)C(c2cccs2)C1. The Bertz CT molecular complexity index is 1660. The second-order valence-corrected chi connectivity index (χ2v) is 10.3. The van der Waals surface area contributed by atoms with Gasteiger partial charge in [-0.15, -0.1) is 11.3 Å². The van der Waals surface area contributed by atoms with Crippen LogP contribution >= 0.6 is 22.9 Å². The van der Waals surface area contributed by atoms with Crippen LogP contribution in [0.5, 0.6) is 0 Å². The number of hydrogen-bond acceptors (Lipinski definition) is 4. The van der Waals surface area contributed by atoms with E-state index in [4.69, 9.17) is 21.7 Å². The maximum absolute atomic E-state index is 14.0. The van der Waals surface area contributed by atoms with Crippen LogP contribution in [0.3, 0.4) is 0 Å². The van der Waals surface area contributed by atoms with E-state index < -0.39 is 5.82 Å². The van der Waals surface area contributed by atoms with E-state index in [1.54, 1.807) is 23.5 Å². The Balaban J connectivity index is 1.55. The van der Waals surface area contributed by atoms with E-state index in [1.807, 2.05) is 66.9 Å². The molecule has 1 atom stereocenters. The van der Waals surface area contributed by atoms with Crippen LogP contribution in [0.2, 0.25) is 5.02 Å². The van der Waals surface area contributed by atoms with Gasteiger partial charge in [0.1, 0.15) is 5.82 Å². The molecule has 7 heteroatoms.